The number of imidazole rings is 1. The first kappa shape index (κ1) is 10.2. The van der Waals surface area contributed by atoms with Gasteiger partial charge in [0.15, 0.2) is 10.8 Å². The van der Waals surface area contributed by atoms with Gasteiger partial charge in [0.1, 0.15) is 5.82 Å². The van der Waals surface area contributed by atoms with Gasteiger partial charge in [-0.3, -0.25) is 0 Å². The zero-order chi connectivity index (χ0) is 11.8. The van der Waals surface area contributed by atoms with Crippen LogP contribution in [0.2, 0.25) is 0 Å². The van der Waals surface area contributed by atoms with Crippen LogP contribution in [0.4, 0.5) is 5.13 Å². The zero-order valence-corrected chi connectivity index (χ0v) is 10.1. The van der Waals surface area contributed by atoms with Crippen LogP contribution in [0.25, 0.3) is 11.2 Å². The highest BCUT2D eigenvalue weighted by atomic mass is 32.1. The number of fused-ring (bicyclic) bond motifs is 1. The van der Waals surface area contributed by atoms with Crippen molar-refractivity contribution in [2.24, 2.45) is 0 Å². The number of rotatable bonds is 2. The molecule has 0 saturated heterocycles. The molecule has 0 radical (unpaired) electrons. The Kier molecular flexibility index (Phi) is 2.29. The predicted octanol–water partition coefficient (Wildman–Crippen LogP) is 1.90. The number of aryl methyl sites for hydroxylation is 1. The number of pyridine rings is 1. The molecule has 0 bridgehead atoms. The van der Waals surface area contributed by atoms with Gasteiger partial charge in [0.2, 0.25) is 0 Å². The molecule has 0 amide bonds. The lowest BCUT2D eigenvalue weighted by atomic mass is 10.3. The van der Waals surface area contributed by atoms with Crippen LogP contribution in [0.3, 0.4) is 0 Å². The molecule has 5 nitrogen and oxygen atoms in total. The van der Waals surface area contributed by atoms with Crippen LogP contribution in [0, 0.1) is 6.92 Å². The highest BCUT2D eigenvalue weighted by Gasteiger charge is 2.07. The largest absolute Gasteiger partial charge is 0.375 e. The summed E-state index contributed by atoms with van der Waals surface area (Å²) in [5, 5.41) is 2.53. The normalized spacial score (nSPS) is 11.1. The number of nitrogens with one attached hydrogen (secondary N) is 1. The maximum atomic E-state index is 5.59. The molecular formula is C11H11N5S. The molecule has 3 aromatic heterocycles. The quantitative estimate of drug-likeness (QED) is 0.722. The fourth-order valence-corrected chi connectivity index (χ4v) is 2.26. The Morgan fingerprint density at radius 3 is 2.94 bits per heavy atom. The van der Waals surface area contributed by atoms with E-state index in [-0.39, 0.29) is 0 Å². The van der Waals surface area contributed by atoms with Crippen molar-refractivity contribution in [1.82, 2.24) is 19.9 Å². The van der Waals surface area contributed by atoms with Gasteiger partial charge in [-0.25, -0.2) is 15.0 Å². The molecule has 0 saturated carbocycles. The molecule has 0 aliphatic heterocycles. The fraction of sp³-hybridized carbons (Fsp3) is 0.182. The second-order valence-corrected chi connectivity index (χ2v) is 4.75. The third-order valence-electron chi connectivity index (χ3n) is 2.45. The number of H-pyrrole nitrogens is 1. The van der Waals surface area contributed by atoms with Gasteiger partial charge in [-0.15, -0.1) is 11.3 Å². The van der Waals surface area contributed by atoms with E-state index in [4.69, 9.17) is 5.73 Å². The minimum absolute atomic E-state index is 0.588. The first-order valence-electron chi connectivity index (χ1n) is 5.23. The number of hydrogen-bond donors (Lipinski definition) is 2. The van der Waals surface area contributed by atoms with E-state index in [2.05, 4.69) is 19.9 Å². The summed E-state index contributed by atoms with van der Waals surface area (Å²) in [5.74, 6) is 0.864. The molecule has 0 unspecified atom stereocenters. The molecule has 17 heavy (non-hydrogen) atoms. The Balaban J connectivity index is 1.95. The molecule has 3 heterocycles. The van der Waals surface area contributed by atoms with E-state index < -0.39 is 0 Å². The fourth-order valence-electron chi connectivity index (χ4n) is 1.70. The molecule has 3 rings (SSSR count). The highest BCUT2D eigenvalue weighted by molar-refractivity contribution is 7.13. The smallest absolute Gasteiger partial charge is 0.180 e. The zero-order valence-electron chi connectivity index (χ0n) is 9.27. The van der Waals surface area contributed by atoms with Crippen LogP contribution in [0.1, 0.15) is 17.2 Å². The van der Waals surface area contributed by atoms with Gasteiger partial charge in [0.25, 0.3) is 0 Å². The van der Waals surface area contributed by atoms with Gasteiger partial charge in [-0.2, -0.15) is 0 Å². The molecular weight excluding hydrogens is 234 g/mol. The summed E-state index contributed by atoms with van der Waals surface area (Å²) in [7, 11) is 0. The Labute approximate surface area is 102 Å². The monoisotopic (exact) mass is 245 g/mol. The summed E-state index contributed by atoms with van der Waals surface area (Å²) < 4.78 is 0. The van der Waals surface area contributed by atoms with Crippen LogP contribution in [0.15, 0.2) is 17.5 Å². The molecule has 3 N–H and O–H groups in total. The van der Waals surface area contributed by atoms with E-state index in [0.717, 1.165) is 28.4 Å². The average Bonchev–Trinajstić information content (AvgIpc) is 2.84. The Hall–Kier alpha value is -1.95. The molecule has 6 heteroatoms. The maximum Gasteiger partial charge on any atom is 0.180 e. The molecule has 86 valence electrons. The average molecular weight is 245 g/mol. The van der Waals surface area contributed by atoms with Gasteiger partial charge in [0.05, 0.1) is 11.2 Å². The summed E-state index contributed by atoms with van der Waals surface area (Å²) in [5.41, 5.74) is 9.20. The van der Waals surface area contributed by atoms with Crippen molar-refractivity contribution < 1.29 is 0 Å². The number of anilines is 1. The number of nitrogen functional groups attached to an aromatic ring is 1. The van der Waals surface area contributed by atoms with Crippen LogP contribution in [0.5, 0.6) is 0 Å². The Morgan fingerprint density at radius 1 is 1.29 bits per heavy atom. The van der Waals surface area contributed by atoms with Crippen molar-refractivity contribution in [2.75, 3.05) is 5.73 Å². The van der Waals surface area contributed by atoms with Crippen LogP contribution in [-0.4, -0.2) is 19.9 Å². The topological polar surface area (TPSA) is 80.5 Å². The lowest BCUT2D eigenvalue weighted by molar-refractivity contribution is 0.999. The van der Waals surface area contributed by atoms with Crippen LogP contribution < -0.4 is 5.73 Å². The van der Waals surface area contributed by atoms with E-state index in [1.807, 2.05) is 24.4 Å². The summed E-state index contributed by atoms with van der Waals surface area (Å²) in [6, 6.07) is 3.95. The first-order chi connectivity index (χ1) is 8.20. The van der Waals surface area contributed by atoms with Crippen LogP contribution in [-0.2, 0) is 6.42 Å². The number of nitrogens with zero attached hydrogens (tertiary/aromatic N) is 3. The maximum absolute atomic E-state index is 5.59. The Bertz CT molecular complexity index is 669. The number of hydrogen-bond acceptors (Lipinski definition) is 5. The third-order valence-corrected chi connectivity index (χ3v) is 3.17. The molecule has 3 aromatic rings. The molecule has 0 fully saturated rings. The second-order valence-electron chi connectivity index (χ2n) is 3.86. The number of nitrogens with two attached hydrogens (primary N) is 1. The third kappa shape index (κ3) is 1.99. The number of aromatic nitrogens is 4. The molecule has 0 aliphatic carbocycles. The molecule has 0 atom stereocenters. The Morgan fingerprint density at radius 2 is 2.18 bits per heavy atom. The lowest BCUT2D eigenvalue weighted by Crippen LogP contribution is -1.91. The van der Waals surface area contributed by atoms with Crippen molar-refractivity contribution >= 4 is 27.6 Å². The molecule has 0 aromatic carbocycles. The van der Waals surface area contributed by atoms with Gasteiger partial charge in [-0.1, -0.05) is 0 Å². The van der Waals surface area contributed by atoms with Crippen molar-refractivity contribution in [1.29, 1.82) is 0 Å². The van der Waals surface area contributed by atoms with E-state index in [1.165, 1.54) is 11.3 Å². The number of aromatic amines is 1. The SMILES string of the molecule is Cc1ccc2[nH]c(Cc3csc(N)n3)nc2n1. The van der Waals surface area contributed by atoms with E-state index in [0.29, 0.717) is 11.6 Å². The standard InChI is InChI=1S/C11H11N5S/c1-6-2-3-8-10(13-6)16-9(15-8)4-7-5-17-11(12)14-7/h2-3,5H,4H2,1H3,(H2,12,14)(H,13,15,16). The van der Waals surface area contributed by atoms with Gasteiger partial charge in [-0.05, 0) is 19.1 Å². The van der Waals surface area contributed by atoms with Crippen LogP contribution >= 0.6 is 11.3 Å². The lowest BCUT2D eigenvalue weighted by Gasteiger charge is -1.89. The summed E-state index contributed by atoms with van der Waals surface area (Å²) in [6.45, 7) is 1.95. The second kappa shape index (κ2) is 3.81. The van der Waals surface area contributed by atoms with Crippen molar-refractivity contribution in [3.63, 3.8) is 0 Å². The first-order valence-corrected chi connectivity index (χ1v) is 6.11. The van der Waals surface area contributed by atoms with Gasteiger partial charge in [0, 0.05) is 17.5 Å². The number of thiazole rings is 1. The van der Waals surface area contributed by atoms with E-state index in [9.17, 15) is 0 Å². The van der Waals surface area contributed by atoms with Gasteiger partial charge < -0.3 is 10.7 Å². The summed E-state index contributed by atoms with van der Waals surface area (Å²) >= 11 is 1.44. The minimum Gasteiger partial charge on any atom is -0.375 e. The predicted molar refractivity (Wildman–Crippen MR) is 68.0 cm³/mol. The van der Waals surface area contributed by atoms with E-state index >= 15 is 0 Å². The molecule has 0 aliphatic rings. The van der Waals surface area contributed by atoms with Crippen molar-refractivity contribution in [3.05, 3.63) is 34.7 Å². The van der Waals surface area contributed by atoms with Gasteiger partial charge >= 0.3 is 0 Å². The van der Waals surface area contributed by atoms with Crippen molar-refractivity contribution in [3.8, 4) is 0 Å². The molecule has 0 spiro atoms. The summed E-state index contributed by atoms with van der Waals surface area (Å²) in [6.07, 6.45) is 0.656. The highest BCUT2D eigenvalue weighted by Crippen LogP contribution is 2.16. The minimum atomic E-state index is 0.588. The van der Waals surface area contributed by atoms with Crippen molar-refractivity contribution in [2.45, 2.75) is 13.3 Å². The summed E-state index contributed by atoms with van der Waals surface area (Å²) in [4.78, 5) is 16.2. The van der Waals surface area contributed by atoms with E-state index in [1.54, 1.807) is 0 Å².